The number of ether oxygens (including phenoxy) is 3. The van der Waals surface area contributed by atoms with Crippen molar-refractivity contribution >= 4 is 29.0 Å². The first-order chi connectivity index (χ1) is 25.7. The Morgan fingerprint density at radius 3 is 2.35 bits per heavy atom. The molecule has 5 N–H and O–H groups in total. The monoisotopic (exact) mass is 759 g/mol. The first-order valence-corrected chi connectivity index (χ1v) is 20.0. The maximum atomic E-state index is 16.8. The summed E-state index contributed by atoms with van der Waals surface area (Å²) in [6.07, 6.45) is -1.06. The third-order valence-corrected chi connectivity index (χ3v) is 18.2. The number of carbonyl (C=O) groups excluding carboxylic acids is 5. The Hall–Kier alpha value is -3.07. The SMILES string of the molecule is CC1=CC2C=C(C)C(C)C3C(CC(C)C)NC(=O)C23C(=O)C2(C)C3C(OC4(O)C(O)C56COC=C5C5(C)C(=O)C(O)(C6=O)C46C3OC23C(=O)CC536)C(O)CC1. The van der Waals surface area contributed by atoms with Gasteiger partial charge in [0.1, 0.15) is 34.6 Å². The third kappa shape index (κ3) is 2.66. The molecule has 6 aliphatic carbocycles. The second-order valence-corrected chi connectivity index (χ2v) is 20.0. The van der Waals surface area contributed by atoms with E-state index in [1.54, 1.807) is 6.92 Å². The number of carbonyl (C=O) groups is 5. The summed E-state index contributed by atoms with van der Waals surface area (Å²) in [4.78, 5) is 77.5. The van der Waals surface area contributed by atoms with Crippen molar-refractivity contribution < 1.29 is 58.6 Å². The minimum absolute atomic E-state index is 0.00371. The van der Waals surface area contributed by atoms with E-state index in [1.165, 1.54) is 13.2 Å². The van der Waals surface area contributed by atoms with Crippen molar-refractivity contribution in [2.24, 2.45) is 62.1 Å². The van der Waals surface area contributed by atoms with Gasteiger partial charge in [0.2, 0.25) is 11.7 Å². The number of nitrogens with one attached hydrogen (secondary N) is 1. The predicted octanol–water partition coefficient (Wildman–Crippen LogP) is 1.00. The summed E-state index contributed by atoms with van der Waals surface area (Å²) >= 11 is 0. The molecule has 8 fully saturated rings. The molecule has 5 heterocycles. The van der Waals surface area contributed by atoms with Crippen LogP contribution in [0.15, 0.2) is 35.1 Å². The van der Waals surface area contributed by atoms with Crippen LogP contribution in [0, 0.1) is 62.1 Å². The lowest BCUT2D eigenvalue weighted by atomic mass is 9.26. The number of aliphatic hydroxyl groups excluding tert-OH is 2. The van der Waals surface area contributed by atoms with Gasteiger partial charge in [-0.25, -0.2) is 0 Å². The van der Waals surface area contributed by atoms with Crippen LogP contribution in [0.25, 0.3) is 0 Å². The summed E-state index contributed by atoms with van der Waals surface area (Å²) in [5.41, 5.74) is -15.9. The largest absolute Gasteiger partial charge is 0.500 e. The number of amides is 1. The van der Waals surface area contributed by atoms with Crippen LogP contribution in [0.1, 0.15) is 74.1 Å². The van der Waals surface area contributed by atoms with Crippen LogP contribution in [0.4, 0.5) is 0 Å². The van der Waals surface area contributed by atoms with E-state index in [1.807, 2.05) is 32.9 Å². The van der Waals surface area contributed by atoms with E-state index in [0.29, 0.717) is 12.8 Å². The van der Waals surface area contributed by atoms with Crippen LogP contribution < -0.4 is 5.32 Å². The summed E-state index contributed by atoms with van der Waals surface area (Å²) in [7, 11) is 0. The standard InChI is InChI=1S/C42H49NO12/c1-16(2)10-21-25-19(5)18(4)12-20-11-17(3)8-9-22(44)27-26-28-40-37(13-24(45)41(37,55-28)35(26,7)29(46)38(20,25)33(50)43-21)34(6)23-14-53-15-36(23,32(49)42(40,52)54-27)31(48)39(40,51)30(34)47/h11-12,14,16,19-22,25-28,32,44,49,51-52H,8-10,13,15H2,1-7H3,(H,43,50). The maximum absolute atomic E-state index is 16.8. The zero-order chi connectivity index (χ0) is 39.4. The molecule has 4 saturated carbocycles. The molecule has 55 heavy (non-hydrogen) atoms. The van der Waals surface area contributed by atoms with Crippen molar-refractivity contribution in [2.75, 3.05) is 6.61 Å². The summed E-state index contributed by atoms with van der Waals surface area (Å²) in [5, 5.41) is 54.5. The Bertz CT molecular complexity index is 2130. The van der Waals surface area contributed by atoms with Crippen LogP contribution >= 0.6 is 0 Å². The second-order valence-electron chi connectivity index (χ2n) is 20.0. The average molecular weight is 760 g/mol. The predicted molar refractivity (Wildman–Crippen MR) is 187 cm³/mol. The van der Waals surface area contributed by atoms with Gasteiger partial charge in [-0.05, 0) is 64.4 Å². The molecule has 0 aromatic rings. The highest BCUT2D eigenvalue weighted by Crippen LogP contribution is 2.97. The average Bonchev–Trinajstić information content (AvgIpc) is 3.85. The molecule has 0 aromatic heterocycles. The van der Waals surface area contributed by atoms with E-state index < -0.39 is 140 Å². The Morgan fingerprint density at radius 1 is 0.964 bits per heavy atom. The lowest BCUT2D eigenvalue weighted by Gasteiger charge is -2.74. The van der Waals surface area contributed by atoms with E-state index in [4.69, 9.17) is 14.2 Å². The van der Waals surface area contributed by atoms with Crippen LogP contribution in [-0.4, -0.2) is 104 Å². The molecular weight excluding hydrogens is 710 g/mol. The Morgan fingerprint density at radius 2 is 1.67 bits per heavy atom. The molecular formula is C42H49NO12. The maximum Gasteiger partial charge on any atom is 0.235 e. The Kier molecular flexibility index (Phi) is 5.93. The van der Waals surface area contributed by atoms with Gasteiger partial charge in [-0.3, -0.25) is 24.0 Å². The van der Waals surface area contributed by atoms with Gasteiger partial charge in [0.05, 0.1) is 35.4 Å². The molecule has 13 heteroatoms. The minimum atomic E-state index is -3.03. The summed E-state index contributed by atoms with van der Waals surface area (Å²) in [6, 6.07) is -0.405. The lowest BCUT2D eigenvalue weighted by Crippen LogP contribution is -2.92. The molecule has 5 spiro atoms. The number of Topliss-reactive ketones (excluding diaryl/α,β-unsaturated/α-hetero) is 4. The molecule has 11 rings (SSSR count). The molecule has 294 valence electrons. The van der Waals surface area contributed by atoms with Gasteiger partial charge in [0.25, 0.3) is 0 Å². The van der Waals surface area contributed by atoms with E-state index >= 15 is 24.0 Å². The van der Waals surface area contributed by atoms with E-state index in [9.17, 15) is 20.4 Å². The van der Waals surface area contributed by atoms with Crippen LogP contribution in [-0.2, 0) is 38.2 Å². The molecule has 18 atom stereocenters. The van der Waals surface area contributed by atoms with Gasteiger partial charge in [-0.1, -0.05) is 44.1 Å². The highest BCUT2D eigenvalue weighted by molar-refractivity contribution is 6.28. The molecule has 18 unspecified atom stereocenters. The number of rotatable bonds is 2. The topological polar surface area (TPSA) is 206 Å². The van der Waals surface area contributed by atoms with Crippen LogP contribution in [0.3, 0.4) is 0 Å². The normalized spacial score (nSPS) is 59.9. The molecule has 5 bridgehead atoms. The van der Waals surface area contributed by atoms with Gasteiger partial charge < -0.3 is 40.0 Å². The number of hydrogen-bond donors (Lipinski definition) is 5. The summed E-state index contributed by atoms with van der Waals surface area (Å²) < 4.78 is 19.6. The van der Waals surface area contributed by atoms with Gasteiger partial charge in [0, 0.05) is 35.6 Å². The smallest absolute Gasteiger partial charge is 0.235 e. The molecule has 11 aliphatic rings. The fraction of sp³-hybridized carbons (Fsp3) is 0.738. The van der Waals surface area contributed by atoms with Crippen molar-refractivity contribution in [2.45, 2.75) is 122 Å². The van der Waals surface area contributed by atoms with Crippen molar-refractivity contribution in [3.63, 3.8) is 0 Å². The van der Waals surface area contributed by atoms with Crippen molar-refractivity contribution in [1.82, 2.24) is 5.32 Å². The third-order valence-electron chi connectivity index (χ3n) is 18.2. The van der Waals surface area contributed by atoms with E-state index in [2.05, 4.69) is 19.2 Å². The Labute approximate surface area is 317 Å². The fourth-order valence-corrected chi connectivity index (χ4v) is 16.5. The minimum Gasteiger partial charge on any atom is -0.500 e. The zero-order valence-electron chi connectivity index (χ0n) is 32.1. The van der Waals surface area contributed by atoms with Gasteiger partial charge >= 0.3 is 0 Å². The van der Waals surface area contributed by atoms with Crippen LogP contribution in [0.2, 0.25) is 0 Å². The molecule has 0 aromatic carbocycles. The van der Waals surface area contributed by atoms with Gasteiger partial charge in [-0.15, -0.1) is 0 Å². The van der Waals surface area contributed by atoms with E-state index in [0.717, 1.165) is 11.1 Å². The zero-order valence-corrected chi connectivity index (χ0v) is 32.1. The Balaban J connectivity index is 1.27. The molecule has 1 amide bonds. The van der Waals surface area contributed by atoms with Crippen molar-refractivity contribution in [1.29, 1.82) is 0 Å². The quantitative estimate of drug-likeness (QED) is 0.198. The molecule has 4 saturated heterocycles. The summed E-state index contributed by atoms with van der Waals surface area (Å²) in [5.74, 6) is -9.36. The van der Waals surface area contributed by atoms with Crippen LogP contribution in [0.5, 0.6) is 0 Å². The number of aliphatic hydroxyl groups is 4. The lowest BCUT2D eigenvalue weighted by molar-refractivity contribution is -0.444. The summed E-state index contributed by atoms with van der Waals surface area (Å²) in [6.45, 7) is 12.6. The highest BCUT2D eigenvalue weighted by atomic mass is 16.7. The van der Waals surface area contributed by atoms with E-state index in [-0.39, 0.29) is 23.8 Å². The highest BCUT2D eigenvalue weighted by Gasteiger charge is 3.13. The van der Waals surface area contributed by atoms with Crippen molar-refractivity contribution in [3.05, 3.63) is 35.1 Å². The number of fused-ring (bicyclic) bond motifs is 2. The molecule has 13 nitrogen and oxygen atoms in total. The molecule has 5 aliphatic heterocycles. The first kappa shape index (κ1) is 35.1. The fourth-order valence-electron chi connectivity index (χ4n) is 16.5. The first-order valence-electron chi connectivity index (χ1n) is 20.0. The number of ketones is 4. The number of hydrogen-bond acceptors (Lipinski definition) is 12. The van der Waals surface area contributed by atoms with Gasteiger partial charge in [-0.2, -0.15) is 0 Å². The van der Waals surface area contributed by atoms with Crippen molar-refractivity contribution in [3.8, 4) is 0 Å². The molecule has 0 radical (unpaired) electrons. The number of allylic oxidation sites excluding steroid dienone is 4. The second kappa shape index (κ2) is 9.29. The van der Waals surface area contributed by atoms with Gasteiger partial charge in [0.15, 0.2) is 28.7 Å².